The van der Waals surface area contributed by atoms with E-state index in [2.05, 4.69) is 31.0 Å². The molecule has 1 atom stereocenters. The highest BCUT2D eigenvalue weighted by atomic mass is 16.5. The lowest BCUT2D eigenvalue weighted by Crippen LogP contribution is -2.43. The Kier molecular flexibility index (Phi) is 5.38. The third-order valence-electron chi connectivity index (χ3n) is 3.67. The Bertz CT molecular complexity index is 562. The van der Waals surface area contributed by atoms with Crippen LogP contribution in [0.4, 0.5) is 0 Å². The summed E-state index contributed by atoms with van der Waals surface area (Å²) in [5, 5.41) is 8.23. The fourth-order valence-corrected chi connectivity index (χ4v) is 2.64. The molecule has 1 aromatic heterocycles. The largest absolute Gasteiger partial charge is 0.459 e. The SMILES string of the molecule is CCOC(=O)C(=O)N1CCCC(c2nnc(CC(C)(C)C)o2)C1. The normalized spacial score (nSPS) is 18.8. The topological polar surface area (TPSA) is 85.5 Å². The molecule has 0 aromatic carbocycles. The first-order valence-corrected chi connectivity index (χ1v) is 8.08. The highest BCUT2D eigenvalue weighted by molar-refractivity contribution is 6.32. The van der Waals surface area contributed by atoms with Crippen molar-refractivity contribution in [1.82, 2.24) is 15.1 Å². The highest BCUT2D eigenvalue weighted by Crippen LogP contribution is 2.27. The lowest BCUT2D eigenvalue weighted by Gasteiger charge is -2.30. The maximum Gasteiger partial charge on any atom is 0.397 e. The van der Waals surface area contributed by atoms with Crippen LogP contribution in [0.5, 0.6) is 0 Å². The minimum Gasteiger partial charge on any atom is -0.459 e. The molecule has 2 heterocycles. The smallest absolute Gasteiger partial charge is 0.397 e. The van der Waals surface area contributed by atoms with E-state index in [1.54, 1.807) is 6.92 Å². The van der Waals surface area contributed by atoms with Gasteiger partial charge in [-0.05, 0) is 25.2 Å². The summed E-state index contributed by atoms with van der Waals surface area (Å²) < 4.78 is 10.5. The Morgan fingerprint density at radius 3 is 2.74 bits per heavy atom. The Hall–Kier alpha value is -1.92. The molecule has 0 spiro atoms. The van der Waals surface area contributed by atoms with E-state index in [1.807, 2.05) is 0 Å². The van der Waals surface area contributed by atoms with Gasteiger partial charge in [0, 0.05) is 19.5 Å². The molecule has 1 saturated heterocycles. The summed E-state index contributed by atoms with van der Waals surface area (Å²) in [4.78, 5) is 25.1. The van der Waals surface area contributed by atoms with Crippen molar-refractivity contribution in [1.29, 1.82) is 0 Å². The van der Waals surface area contributed by atoms with Crippen LogP contribution >= 0.6 is 0 Å². The van der Waals surface area contributed by atoms with Crippen molar-refractivity contribution < 1.29 is 18.7 Å². The zero-order valence-electron chi connectivity index (χ0n) is 14.3. The first-order valence-electron chi connectivity index (χ1n) is 8.08. The van der Waals surface area contributed by atoms with Gasteiger partial charge in [-0.2, -0.15) is 0 Å². The Labute approximate surface area is 136 Å². The summed E-state index contributed by atoms with van der Waals surface area (Å²) in [5.74, 6) is -0.256. The van der Waals surface area contributed by atoms with Crippen LogP contribution in [0.3, 0.4) is 0 Å². The van der Waals surface area contributed by atoms with Crippen molar-refractivity contribution in [3.8, 4) is 0 Å². The molecule has 0 radical (unpaired) electrons. The zero-order valence-corrected chi connectivity index (χ0v) is 14.3. The van der Waals surface area contributed by atoms with Gasteiger partial charge in [0.25, 0.3) is 0 Å². The Balaban J connectivity index is 2.01. The fourth-order valence-electron chi connectivity index (χ4n) is 2.64. The molecule has 0 saturated carbocycles. The van der Waals surface area contributed by atoms with Crippen LogP contribution in [-0.2, 0) is 20.7 Å². The predicted molar refractivity (Wildman–Crippen MR) is 82.6 cm³/mol. The quantitative estimate of drug-likeness (QED) is 0.624. The average molecular weight is 323 g/mol. The number of nitrogens with zero attached hydrogens (tertiary/aromatic N) is 3. The maximum atomic E-state index is 12.0. The molecule has 1 fully saturated rings. The first-order chi connectivity index (χ1) is 10.8. The monoisotopic (exact) mass is 323 g/mol. The molecule has 0 bridgehead atoms. The highest BCUT2D eigenvalue weighted by Gasteiger charge is 2.32. The van der Waals surface area contributed by atoms with Gasteiger partial charge in [-0.3, -0.25) is 4.79 Å². The van der Waals surface area contributed by atoms with Gasteiger partial charge in [0.1, 0.15) is 0 Å². The lowest BCUT2D eigenvalue weighted by atomic mass is 9.92. The number of piperidine rings is 1. The first kappa shape index (κ1) is 17.4. The van der Waals surface area contributed by atoms with Crippen molar-refractivity contribution >= 4 is 11.9 Å². The molecular formula is C16H25N3O4. The van der Waals surface area contributed by atoms with Gasteiger partial charge in [-0.25, -0.2) is 4.79 Å². The van der Waals surface area contributed by atoms with Gasteiger partial charge in [-0.1, -0.05) is 20.8 Å². The molecule has 1 aromatic rings. The van der Waals surface area contributed by atoms with Gasteiger partial charge in [0.2, 0.25) is 11.8 Å². The van der Waals surface area contributed by atoms with Crippen molar-refractivity contribution in [2.75, 3.05) is 19.7 Å². The van der Waals surface area contributed by atoms with Gasteiger partial charge >= 0.3 is 11.9 Å². The van der Waals surface area contributed by atoms with E-state index in [1.165, 1.54) is 4.90 Å². The van der Waals surface area contributed by atoms with Crippen LogP contribution in [0.25, 0.3) is 0 Å². The second-order valence-corrected chi connectivity index (χ2v) is 7.08. The van der Waals surface area contributed by atoms with E-state index < -0.39 is 11.9 Å². The number of carbonyl (C=O) groups is 2. The van der Waals surface area contributed by atoms with Crippen LogP contribution in [0, 0.1) is 5.41 Å². The summed E-state index contributed by atoms with van der Waals surface area (Å²) in [5.41, 5.74) is 0.0717. The molecule has 0 N–H and O–H groups in total. The number of amides is 1. The number of hydrogen-bond donors (Lipinski definition) is 0. The Morgan fingerprint density at radius 1 is 1.35 bits per heavy atom. The van der Waals surface area contributed by atoms with Crippen LogP contribution in [0.1, 0.15) is 58.2 Å². The maximum absolute atomic E-state index is 12.0. The molecule has 0 aliphatic carbocycles. The van der Waals surface area contributed by atoms with E-state index in [0.29, 0.717) is 31.3 Å². The number of ether oxygens (including phenoxy) is 1. The van der Waals surface area contributed by atoms with E-state index in [0.717, 1.165) is 12.8 Å². The van der Waals surface area contributed by atoms with E-state index in [9.17, 15) is 9.59 Å². The van der Waals surface area contributed by atoms with E-state index >= 15 is 0 Å². The van der Waals surface area contributed by atoms with E-state index in [-0.39, 0.29) is 17.9 Å². The second-order valence-electron chi connectivity index (χ2n) is 7.08. The summed E-state index contributed by atoms with van der Waals surface area (Å²) in [7, 11) is 0. The van der Waals surface area contributed by atoms with Gasteiger partial charge in [0.05, 0.1) is 12.5 Å². The summed E-state index contributed by atoms with van der Waals surface area (Å²) in [6.45, 7) is 9.17. The minimum atomic E-state index is -0.799. The van der Waals surface area contributed by atoms with E-state index in [4.69, 9.17) is 9.15 Å². The minimum absolute atomic E-state index is 0.0247. The average Bonchev–Trinajstić information content (AvgIpc) is 2.93. The summed E-state index contributed by atoms with van der Waals surface area (Å²) in [6, 6.07) is 0. The number of carbonyl (C=O) groups excluding carboxylic acids is 2. The van der Waals surface area contributed by atoms with Gasteiger partial charge < -0.3 is 14.1 Å². The van der Waals surface area contributed by atoms with Crippen LogP contribution in [0.2, 0.25) is 0 Å². The third kappa shape index (κ3) is 4.77. The molecular weight excluding hydrogens is 298 g/mol. The zero-order chi connectivity index (χ0) is 17.0. The van der Waals surface area contributed by atoms with Crippen LogP contribution in [0.15, 0.2) is 4.42 Å². The second kappa shape index (κ2) is 7.10. The summed E-state index contributed by atoms with van der Waals surface area (Å²) >= 11 is 0. The van der Waals surface area contributed by atoms with Crippen molar-refractivity contribution in [3.63, 3.8) is 0 Å². The molecule has 2 rings (SSSR count). The Morgan fingerprint density at radius 2 is 2.09 bits per heavy atom. The molecule has 7 heteroatoms. The standard InChI is InChI=1S/C16H25N3O4/c1-5-22-15(21)14(20)19-8-6-7-11(10-19)13-18-17-12(23-13)9-16(2,3)4/h11H,5-10H2,1-4H3. The molecule has 1 amide bonds. The number of aromatic nitrogens is 2. The molecule has 1 aliphatic heterocycles. The van der Waals surface area contributed by atoms with Gasteiger partial charge in [0.15, 0.2) is 0 Å². The number of esters is 1. The summed E-state index contributed by atoms with van der Waals surface area (Å²) in [6.07, 6.45) is 2.37. The predicted octanol–water partition coefficient (Wildman–Crippen LogP) is 1.93. The molecule has 7 nitrogen and oxygen atoms in total. The molecule has 128 valence electrons. The van der Waals surface area contributed by atoms with Crippen molar-refractivity contribution in [2.45, 2.75) is 52.9 Å². The molecule has 23 heavy (non-hydrogen) atoms. The molecule has 1 unspecified atom stereocenters. The number of rotatable bonds is 3. The van der Waals surface area contributed by atoms with Gasteiger partial charge in [-0.15, -0.1) is 10.2 Å². The lowest BCUT2D eigenvalue weighted by molar-refractivity contribution is -0.160. The van der Waals surface area contributed by atoms with Crippen molar-refractivity contribution in [3.05, 3.63) is 11.8 Å². The van der Waals surface area contributed by atoms with Crippen molar-refractivity contribution in [2.24, 2.45) is 5.41 Å². The molecule has 1 aliphatic rings. The third-order valence-corrected chi connectivity index (χ3v) is 3.67. The number of likely N-dealkylation sites (tertiary alicyclic amines) is 1. The van der Waals surface area contributed by atoms with Crippen LogP contribution < -0.4 is 0 Å². The number of hydrogen-bond acceptors (Lipinski definition) is 6. The van der Waals surface area contributed by atoms with Crippen LogP contribution in [-0.4, -0.2) is 46.7 Å². The fraction of sp³-hybridized carbons (Fsp3) is 0.750.